The summed E-state index contributed by atoms with van der Waals surface area (Å²) in [5.41, 5.74) is 7.02. The molecule has 1 aliphatic heterocycles. The Hall–Kier alpha value is -0.570. The summed E-state index contributed by atoms with van der Waals surface area (Å²) in [6.07, 6.45) is 2.53. The van der Waals surface area contributed by atoms with Crippen LogP contribution < -0.4 is 5.73 Å². The first kappa shape index (κ1) is 11.9. The van der Waals surface area contributed by atoms with E-state index in [1.807, 2.05) is 18.2 Å². The van der Waals surface area contributed by atoms with E-state index in [0.29, 0.717) is 6.54 Å². The minimum Gasteiger partial charge on any atom is -0.328 e. The lowest BCUT2D eigenvalue weighted by Crippen LogP contribution is -2.47. The molecular weight excluding hydrogens is 220 g/mol. The third-order valence-electron chi connectivity index (χ3n) is 3.66. The minimum absolute atomic E-state index is 0.116. The zero-order valence-electron chi connectivity index (χ0n) is 9.75. The minimum atomic E-state index is -0.116. The molecule has 0 aliphatic carbocycles. The van der Waals surface area contributed by atoms with Crippen LogP contribution in [-0.4, -0.2) is 24.5 Å². The molecule has 1 aromatic carbocycles. The number of hydrogen-bond donors (Lipinski definition) is 1. The molecule has 1 aliphatic rings. The van der Waals surface area contributed by atoms with Crippen molar-refractivity contribution in [3.05, 3.63) is 34.9 Å². The number of hydrogen-bond acceptors (Lipinski definition) is 2. The van der Waals surface area contributed by atoms with Crippen molar-refractivity contribution in [1.29, 1.82) is 0 Å². The van der Waals surface area contributed by atoms with Gasteiger partial charge in [0.05, 0.1) is 5.54 Å². The van der Waals surface area contributed by atoms with Crippen LogP contribution in [0.1, 0.15) is 25.3 Å². The highest BCUT2D eigenvalue weighted by Gasteiger charge is 2.35. The van der Waals surface area contributed by atoms with Crippen molar-refractivity contribution in [1.82, 2.24) is 4.90 Å². The Kier molecular flexibility index (Phi) is 3.53. The van der Waals surface area contributed by atoms with Gasteiger partial charge in [0, 0.05) is 11.6 Å². The van der Waals surface area contributed by atoms with E-state index in [1.54, 1.807) is 0 Å². The van der Waals surface area contributed by atoms with Crippen LogP contribution in [0.2, 0.25) is 5.02 Å². The van der Waals surface area contributed by atoms with Gasteiger partial charge in [0.1, 0.15) is 0 Å². The number of halogens is 1. The van der Waals surface area contributed by atoms with Gasteiger partial charge in [0.15, 0.2) is 0 Å². The zero-order chi connectivity index (χ0) is 11.6. The Balaban J connectivity index is 2.37. The van der Waals surface area contributed by atoms with Crippen LogP contribution in [-0.2, 0) is 5.54 Å². The highest BCUT2D eigenvalue weighted by molar-refractivity contribution is 6.31. The van der Waals surface area contributed by atoms with Crippen LogP contribution in [0, 0.1) is 0 Å². The third-order valence-corrected chi connectivity index (χ3v) is 3.99. The maximum absolute atomic E-state index is 6.28. The first-order valence-corrected chi connectivity index (χ1v) is 6.26. The second kappa shape index (κ2) is 4.74. The van der Waals surface area contributed by atoms with Gasteiger partial charge in [-0.1, -0.05) is 29.8 Å². The molecular formula is C13H19ClN2. The van der Waals surface area contributed by atoms with Crippen molar-refractivity contribution in [2.75, 3.05) is 19.6 Å². The van der Waals surface area contributed by atoms with Crippen LogP contribution in [0.25, 0.3) is 0 Å². The van der Waals surface area contributed by atoms with Gasteiger partial charge < -0.3 is 5.73 Å². The summed E-state index contributed by atoms with van der Waals surface area (Å²) in [5, 5.41) is 0.822. The largest absolute Gasteiger partial charge is 0.328 e. The zero-order valence-corrected chi connectivity index (χ0v) is 10.5. The van der Waals surface area contributed by atoms with Gasteiger partial charge in [-0.05, 0) is 44.5 Å². The summed E-state index contributed by atoms with van der Waals surface area (Å²) in [6, 6.07) is 8.03. The first-order chi connectivity index (χ1) is 7.68. The highest BCUT2D eigenvalue weighted by Crippen LogP contribution is 2.34. The average Bonchev–Trinajstić information content (AvgIpc) is 2.82. The fraction of sp³-hybridized carbons (Fsp3) is 0.538. The normalized spacial score (nSPS) is 20.9. The van der Waals surface area contributed by atoms with E-state index in [9.17, 15) is 0 Å². The fourth-order valence-electron chi connectivity index (χ4n) is 2.52. The van der Waals surface area contributed by atoms with Crippen LogP contribution in [0.3, 0.4) is 0 Å². The van der Waals surface area contributed by atoms with Crippen molar-refractivity contribution < 1.29 is 0 Å². The predicted octanol–water partition coefficient (Wildman–Crippen LogP) is 2.61. The van der Waals surface area contributed by atoms with Crippen molar-refractivity contribution in [2.24, 2.45) is 5.73 Å². The van der Waals surface area contributed by atoms with Crippen molar-refractivity contribution in [3.8, 4) is 0 Å². The molecule has 0 spiro atoms. The summed E-state index contributed by atoms with van der Waals surface area (Å²) in [5.74, 6) is 0. The topological polar surface area (TPSA) is 29.3 Å². The van der Waals surface area contributed by atoms with Crippen molar-refractivity contribution >= 4 is 11.6 Å². The molecule has 1 saturated heterocycles. The monoisotopic (exact) mass is 238 g/mol. The molecule has 2 rings (SSSR count). The van der Waals surface area contributed by atoms with Gasteiger partial charge in [-0.15, -0.1) is 0 Å². The van der Waals surface area contributed by atoms with Gasteiger partial charge in [-0.25, -0.2) is 0 Å². The second-order valence-corrected chi connectivity index (χ2v) is 5.06. The molecule has 2 nitrogen and oxygen atoms in total. The molecule has 0 amide bonds. The van der Waals surface area contributed by atoms with E-state index in [2.05, 4.69) is 17.9 Å². The molecule has 0 aromatic heterocycles. The van der Waals surface area contributed by atoms with Gasteiger partial charge >= 0.3 is 0 Å². The van der Waals surface area contributed by atoms with E-state index in [-0.39, 0.29) is 5.54 Å². The van der Waals surface area contributed by atoms with Crippen molar-refractivity contribution in [3.63, 3.8) is 0 Å². The van der Waals surface area contributed by atoms with E-state index >= 15 is 0 Å². The van der Waals surface area contributed by atoms with E-state index in [1.165, 1.54) is 12.8 Å². The molecule has 0 saturated carbocycles. The third kappa shape index (κ3) is 1.97. The lowest BCUT2D eigenvalue weighted by atomic mass is 9.90. The number of likely N-dealkylation sites (tertiary alicyclic amines) is 1. The van der Waals surface area contributed by atoms with Crippen molar-refractivity contribution in [2.45, 2.75) is 25.3 Å². The van der Waals surface area contributed by atoms with E-state index in [0.717, 1.165) is 23.7 Å². The molecule has 1 aromatic rings. The second-order valence-electron chi connectivity index (χ2n) is 4.65. The van der Waals surface area contributed by atoms with Gasteiger partial charge in [0.2, 0.25) is 0 Å². The Bertz CT molecular complexity index is 361. The quantitative estimate of drug-likeness (QED) is 0.877. The SMILES string of the molecule is CC(CN)(c1ccccc1Cl)N1CCCC1. The maximum Gasteiger partial charge on any atom is 0.0569 e. The smallest absolute Gasteiger partial charge is 0.0569 e. The summed E-state index contributed by atoms with van der Waals surface area (Å²) in [6.45, 7) is 5.05. The highest BCUT2D eigenvalue weighted by atomic mass is 35.5. The molecule has 1 fully saturated rings. The Labute approximate surface area is 102 Å². The molecule has 88 valence electrons. The fourth-order valence-corrected chi connectivity index (χ4v) is 2.86. The number of benzene rings is 1. The predicted molar refractivity (Wildman–Crippen MR) is 68.7 cm³/mol. The van der Waals surface area contributed by atoms with Gasteiger partial charge in [-0.2, -0.15) is 0 Å². The molecule has 2 N–H and O–H groups in total. The molecule has 1 unspecified atom stereocenters. The Morgan fingerprint density at radius 1 is 1.31 bits per heavy atom. The van der Waals surface area contributed by atoms with Crippen LogP contribution in [0.5, 0.6) is 0 Å². The summed E-state index contributed by atoms with van der Waals surface area (Å²) in [7, 11) is 0. The van der Waals surface area contributed by atoms with Crippen LogP contribution >= 0.6 is 11.6 Å². The molecule has 1 heterocycles. The number of nitrogens with two attached hydrogens (primary N) is 1. The maximum atomic E-state index is 6.28. The number of nitrogens with zero attached hydrogens (tertiary/aromatic N) is 1. The number of rotatable bonds is 3. The Morgan fingerprint density at radius 2 is 1.94 bits per heavy atom. The summed E-state index contributed by atoms with van der Waals surface area (Å²) < 4.78 is 0. The molecule has 0 bridgehead atoms. The van der Waals surface area contributed by atoms with E-state index < -0.39 is 0 Å². The van der Waals surface area contributed by atoms with Crippen LogP contribution in [0.4, 0.5) is 0 Å². The average molecular weight is 239 g/mol. The first-order valence-electron chi connectivity index (χ1n) is 5.88. The van der Waals surface area contributed by atoms with Gasteiger partial charge in [0.25, 0.3) is 0 Å². The molecule has 16 heavy (non-hydrogen) atoms. The summed E-state index contributed by atoms with van der Waals surface area (Å²) in [4.78, 5) is 2.45. The summed E-state index contributed by atoms with van der Waals surface area (Å²) >= 11 is 6.28. The Morgan fingerprint density at radius 3 is 2.50 bits per heavy atom. The molecule has 1 atom stereocenters. The lowest BCUT2D eigenvalue weighted by Gasteiger charge is -2.39. The lowest BCUT2D eigenvalue weighted by molar-refractivity contribution is 0.143. The van der Waals surface area contributed by atoms with E-state index in [4.69, 9.17) is 17.3 Å². The van der Waals surface area contributed by atoms with Gasteiger partial charge in [-0.3, -0.25) is 4.90 Å². The van der Waals surface area contributed by atoms with Crippen LogP contribution in [0.15, 0.2) is 24.3 Å². The standard InChI is InChI=1S/C13H19ClN2/c1-13(10-15,16-8-4-5-9-16)11-6-2-3-7-12(11)14/h2-3,6-7H,4-5,8-10,15H2,1H3. The molecule has 0 radical (unpaired) electrons. The molecule has 3 heteroatoms.